The van der Waals surface area contributed by atoms with Crippen LogP contribution in [0.1, 0.15) is 121 Å². The van der Waals surface area contributed by atoms with E-state index in [0.717, 1.165) is 75.1 Å². The number of aliphatic hydroxyl groups excluding tert-OH is 2. The molecule has 0 saturated carbocycles. The predicted octanol–water partition coefficient (Wildman–Crippen LogP) is 8.73. The molecule has 4 atom stereocenters. The lowest BCUT2D eigenvalue weighted by atomic mass is 9.95. The lowest BCUT2D eigenvalue weighted by Crippen LogP contribution is -2.27. The molecular formula is C34H54BrNO6. The van der Waals surface area contributed by atoms with Crippen LogP contribution >= 0.6 is 15.9 Å². The molecule has 1 aliphatic heterocycles. The fourth-order valence-corrected chi connectivity index (χ4v) is 5.28. The normalized spacial score (nSPS) is 19.0. The number of alkyl halides is 1. The molecule has 238 valence electrons. The van der Waals surface area contributed by atoms with E-state index in [9.17, 15) is 9.90 Å². The lowest BCUT2D eigenvalue weighted by Gasteiger charge is -2.30. The number of rotatable bonds is 20. The monoisotopic (exact) mass is 651 g/mol. The molecule has 3 N–H and O–H groups in total. The van der Waals surface area contributed by atoms with Crippen molar-refractivity contribution in [1.82, 2.24) is 4.98 Å². The fourth-order valence-electron chi connectivity index (χ4n) is 5.28. The number of aliphatic carboxylic acids is 1. The molecule has 2 heterocycles. The van der Waals surface area contributed by atoms with Crippen molar-refractivity contribution < 1.29 is 29.3 Å². The Balaban J connectivity index is 0.00000431. The van der Waals surface area contributed by atoms with Gasteiger partial charge in [-0.3, -0.25) is 0 Å². The molecule has 0 radical (unpaired) electrons. The molecule has 1 fully saturated rings. The van der Waals surface area contributed by atoms with Crippen LogP contribution in [0, 0.1) is 5.92 Å². The third-order valence-electron chi connectivity index (χ3n) is 7.31. The number of carbonyl (C=O) groups is 1. The summed E-state index contributed by atoms with van der Waals surface area (Å²) >= 11 is 2.94. The van der Waals surface area contributed by atoms with E-state index in [-0.39, 0.29) is 18.8 Å². The van der Waals surface area contributed by atoms with Crippen molar-refractivity contribution in [3.8, 4) is 0 Å². The largest absolute Gasteiger partial charge is 0.478 e. The van der Waals surface area contributed by atoms with Crippen molar-refractivity contribution in [1.29, 1.82) is 0 Å². The minimum atomic E-state index is -0.930. The number of oxazole rings is 1. The molecule has 0 spiro atoms. The standard InChI is InChI=1S/C33H51NO6.CH3Br/c1-25(21-26(2)15-12-20-35)13-7-4-5-9-18-32-34-30(24-39-32)31-17-11-16-29(40-31)23-28(36)22-27(3)14-8-6-10-19-33(37)38;1-2/h9-10,15,18-19,24-25,28-29,31,35-36H,3-8,11-14,16-17,20-23H2,1-2H3,(H,37,38);1H3/b18-9+,19-10-,26-15+;. The number of unbranched alkanes of at least 4 members (excludes halogenated alkanes) is 3. The molecule has 2 rings (SSSR count). The summed E-state index contributed by atoms with van der Waals surface area (Å²) in [6.07, 6.45) is 22.7. The highest BCUT2D eigenvalue weighted by atomic mass is 79.9. The number of hydrogen-bond acceptors (Lipinski definition) is 6. The molecule has 1 saturated heterocycles. The van der Waals surface area contributed by atoms with Crippen LogP contribution in [0.3, 0.4) is 0 Å². The second kappa shape index (κ2) is 23.5. The molecule has 0 amide bonds. The average Bonchev–Trinajstić information content (AvgIpc) is 3.43. The van der Waals surface area contributed by atoms with Crippen LogP contribution in [0.5, 0.6) is 0 Å². The first-order chi connectivity index (χ1) is 20.3. The number of carboxylic acids is 1. The third-order valence-corrected chi connectivity index (χ3v) is 7.31. The zero-order chi connectivity index (χ0) is 31.2. The Morgan fingerprint density at radius 3 is 2.67 bits per heavy atom. The van der Waals surface area contributed by atoms with Crippen molar-refractivity contribution in [3.63, 3.8) is 0 Å². The zero-order valence-corrected chi connectivity index (χ0v) is 27.6. The van der Waals surface area contributed by atoms with Gasteiger partial charge in [0, 0.05) is 12.7 Å². The van der Waals surface area contributed by atoms with E-state index in [1.54, 1.807) is 12.3 Å². The number of carboxylic acid groups (broad SMARTS) is 1. The Hall–Kier alpha value is -2.00. The van der Waals surface area contributed by atoms with Gasteiger partial charge in [-0.05, 0) is 102 Å². The minimum Gasteiger partial charge on any atom is -0.478 e. The van der Waals surface area contributed by atoms with Crippen molar-refractivity contribution in [2.45, 2.75) is 122 Å². The molecule has 0 aliphatic carbocycles. The minimum absolute atomic E-state index is 0.0212. The number of aromatic nitrogens is 1. The SMILES string of the molecule is C=C(CCC/C=C\C(=O)O)CC(O)CC1CCCC(c2coc(/C=C/CCCCC(C)C/C(C)=C/CCO)n2)O1.CBr. The van der Waals surface area contributed by atoms with Gasteiger partial charge in [-0.15, -0.1) is 0 Å². The van der Waals surface area contributed by atoms with E-state index >= 15 is 0 Å². The molecule has 1 aromatic heterocycles. The molecule has 7 nitrogen and oxygen atoms in total. The first-order valence-corrected chi connectivity index (χ1v) is 17.0. The van der Waals surface area contributed by atoms with Crippen molar-refractivity contribution in [2.24, 2.45) is 5.92 Å². The van der Waals surface area contributed by atoms with Crippen LogP contribution in [0.4, 0.5) is 0 Å². The summed E-state index contributed by atoms with van der Waals surface area (Å²) in [6.45, 7) is 8.74. The van der Waals surface area contributed by atoms with Crippen LogP contribution in [0.15, 0.2) is 52.7 Å². The highest BCUT2D eigenvalue weighted by Gasteiger charge is 2.27. The summed E-state index contributed by atoms with van der Waals surface area (Å²) in [4.78, 5) is 15.1. The van der Waals surface area contributed by atoms with E-state index in [1.807, 2.05) is 11.9 Å². The average molecular weight is 653 g/mol. The summed E-state index contributed by atoms with van der Waals surface area (Å²) < 4.78 is 12.0. The zero-order valence-electron chi connectivity index (χ0n) is 26.0. The van der Waals surface area contributed by atoms with E-state index in [1.165, 1.54) is 18.4 Å². The van der Waals surface area contributed by atoms with Gasteiger partial charge in [-0.25, -0.2) is 9.78 Å². The maximum Gasteiger partial charge on any atom is 0.327 e. The van der Waals surface area contributed by atoms with Gasteiger partial charge in [-0.2, -0.15) is 0 Å². The molecule has 4 unspecified atom stereocenters. The third kappa shape index (κ3) is 17.8. The van der Waals surface area contributed by atoms with Gasteiger partial charge in [0.25, 0.3) is 0 Å². The first-order valence-electron chi connectivity index (χ1n) is 15.4. The Morgan fingerprint density at radius 1 is 1.17 bits per heavy atom. The van der Waals surface area contributed by atoms with Gasteiger partial charge >= 0.3 is 5.97 Å². The molecule has 8 heteroatoms. The number of nitrogens with zero attached hydrogens (tertiary/aromatic N) is 1. The molecule has 0 bridgehead atoms. The van der Waals surface area contributed by atoms with E-state index < -0.39 is 12.1 Å². The Bertz CT molecular complexity index is 969. The first kappa shape index (κ1) is 38.0. The molecule has 42 heavy (non-hydrogen) atoms. The Kier molecular flexibility index (Phi) is 21.2. The smallest absolute Gasteiger partial charge is 0.327 e. The number of halogens is 1. The van der Waals surface area contributed by atoms with Crippen molar-refractivity contribution in [2.75, 3.05) is 12.4 Å². The van der Waals surface area contributed by atoms with Gasteiger partial charge in [0.2, 0.25) is 5.89 Å². The van der Waals surface area contributed by atoms with Crippen LogP contribution in [-0.4, -0.2) is 50.9 Å². The predicted molar refractivity (Wildman–Crippen MR) is 175 cm³/mol. The highest BCUT2D eigenvalue weighted by molar-refractivity contribution is 9.08. The van der Waals surface area contributed by atoms with Crippen LogP contribution in [0.25, 0.3) is 6.08 Å². The second-order valence-corrected chi connectivity index (χ2v) is 11.3. The van der Waals surface area contributed by atoms with Crippen LogP contribution < -0.4 is 0 Å². The fraction of sp³-hybridized carbons (Fsp3) is 0.647. The Labute approximate surface area is 262 Å². The maximum absolute atomic E-state index is 10.6. The van der Waals surface area contributed by atoms with Gasteiger partial charge in [0.1, 0.15) is 18.1 Å². The van der Waals surface area contributed by atoms with E-state index in [0.29, 0.717) is 31.1 Å². The van der Waals surface area contributed by atoms with Gasteiger partial charge in [-0.1, -0.05) is 71.6 Å². The summed E-state index contributed by atoms with van der Waals surface area (Å²) in [5, 5.41) is 28.1. The maximum atomic E-state index is 10.6. The summed E-state index contributed by atoms with van der Waals surface area (Å²) in [7, 11) is 0. The van der Waals surface area contributed by atoms with Crippen molar-refractivity contribution in [3.05, 3.63) is 59.9 Å². The lowest BCUT2D eigenvalue weighted by molar-refractivity contribution is -0.131. The highest BCUT2D eigenvalue weighted by Crippen LogP contribution is 2.33. The topological polar surface area (TPSA) is 113 Å². The van der Waals surface area contributed by atoms with Gasteiger partial charge < -0.3 is 24.5 Å². The van der Waals surface area contributed by atoms with Crippen LogP contribution in [0.2, 0.25) is 0 Å². The van der Waals surface area contributed by atoms with Gasteiger partial charge in [0.15, 0.2) is 0 Å². The molecule has 1 aliphatic rings. The number of aliphatic hydroxyl groups is 2. The summed E-state index contributed by atoms with van der Waals surface area (Å²) in [5.74, 6) is 2.15. The Morgan fingerprint density at radius 2 is 1.93 bits per heavy atom. The van der Waals surface area contributed by atoms with E-state index in [4.69, 9.17) is 19.4 Å². The second-order valence-electron chi connectivity index (χ2n) is 11.3. The molecular weight excluding hydrogens is 598 g/mol. The van der Waals surface area contributed by atoms with E-state index in [2.05, 4.69) is 53.5 Å². The van der Waals surface area contributed by atoms with Gasteiger partial charge in [0.05, 0.1) is 12.2 Å². The van der Waals surface area contributed by atoms with Crippen molar-refractivity contribution >= 4 is 28.0 Å². The summed E-state index contributed by atoms with van der Waals surface area (Å²) in [6, 6.07) is 0. The number of hydrogen-bond donors (Lipinski definition) is 3. The number of allylic oxidation sites excluding steroid dienone is 3. The van der Waals surface area contributed by atoms with Crippen LogP contribution in [-0.2, 0) is 9.53 Å². The quantitative estimate of drug-likeness (QED) is 0.0559. The molecule has 0 aromatic carbocycles. The molecule has 1 aromatic rings. The number of ether oxygens (including phenoxy) is 1. The summed E-state index contributed by atoms with van der Waals surface area (Å²) in [5.41, 5.74) is 3.16.